The Kier molecular flexibility index (Phi) is 6.11. The van der Waals surface area contributed by atoms with E-state index in [2.05, 4.69) is 53.4 Å². The largest absolute Gasteiger partial charge is 0.481 e. The molecule has 0 aliphatic carbocycles. The molecule has 1 saturated heterocycles. The van der Waals surface area contributed by atoms with E-state index < -0.39 is 5.97 Å². The van der Waals surface area contributed by atoms with Crippen molar-refractivity contribution in [2.45, 2.75) is 45.6 Å². The first-order valence-electron chi connectivity index (χ1n) is 9.68. The summed E-state index contributed by atoms with van der Waals surface area (Å²) in [6, 6.07) is 17.5. The molecule has 4 rings (SSSR count). The molecular formula is C22H25NO2S2. The summed E-state index contributed by atoms with van der Waals surface area (Å²) in [6.45, 7) is 2.75. The first-order chi connectivity index (χ1) is 13.2. The van der Waals surface area contributed by atoms with Crippen LogP contribution in [0.1, 0.15) is 36.5 Å². The maximum atomic E-state index is 11.3. The Hall–Kier alpha value is -1.43. The van der Waals surface area contributed by atoms with Crippen molar-refractivity contribution in [1.82, 2.24) is 4.90 Å². The van der Waals surface area contributed by atoms with Gasteiger partial charge in [-0.15, -0.1) is 11.8 Å². The van der Waals surface area contributed by atoms with Crippen molar-refractivity contribution in [2.75, 3.05) is 19.6 Å². The first kappa shape index (κ1) is 18.9. The van der Waals surface area contributed by atoms with Crippen LogP contribution in [0.3, 0.4) is 0 Å². The van der Waals surface area contributed by atoms with Gasteiger partial charge in [-0.2, -0.15) is 0 Å². The van der Waals surface area contributed by atoms with E-state index in [9.17, 15) is 9.90 Å². The number of carboxylic acid groups (broad SMARTS) is 1. The van der Waals surface area contributed by atoms with Crippen LogP contribution in [0.5, 0.6) is 0 Å². The topological polar surface area (TPSA) is 40.5 Å². The fourth-order valence-corrected chi connectivity index (χ4v) is 6.62. The molecule has 27 heavy (non-hydrogen) atoms. The van der Waals surface area contributed by atoms with Crippen molar-refractivity contribution in [3.8, 4) is 0 Å². The van der Waals surface area contributed by atoms with Gasteiger partial charge in [-0.3, -0.25) is 4.79 Å². The minimum atomic E-state index is -0.637. The maximum absolute atomic E-state index is 11.3. The number of piperidine rings is 1. The molecular weight excluding hydrogens is 374 g/mol. The predicted octanol–water partition coefficient (Wildman–Crippen LogP) is 5.56. The Morgan fingerprint density at radius 3 is 2.63 bits per heavy atom. The van der Waals surface area contributed by atoms with Gasteiger partial charge < -0.3 is 10.0 Å². The summed E-state index contributed by atoms with van der Waals surface area (Å²) in [5.74, 6) is -0.823. The SMILES string of the molecule is O=C(O)[C@@H]1CCCN(CCCC2Sc3ccccc3Sc3ccccc32)C1. The van der Waals surface area contributed by atoms with Gasteiger partial charge in [0.2, 0.25) is 0 Å². The number of carbonyl (C=O) groups is 1. The van der Waals surface area contributed by atoms with Gasteiger partial charge in [0.25, 0.3) is 0 Å². The summed E-state index contributed by atoms with van der Waals surface area (Å²) in [5.41, 5.74) is 1.44. The second-order valence-corrected chi connectivity index (χ2v) is 9.64. The molecule has 1 unspecified atom stereocenters. The summed E-state index contributed by atoms with van der Waals surface area (Å²) in [6.07, 6.45) is 4.05. The third-order valence-electron chi connectivity index (χ3n) is 5.40. The summed E-state index contributed by atoms with van der Waals surface area (Å²) in [5, 5.41) is 9.74. The van der Waals surface area contributed by atoms with E-state index in [0.717, 1.165) is 38.8 Å². The highest BCUT2D eigenvalue weighted by Crippen LogP contribution is 2.50. The average Bonchev–Trinajstić information content (AvgIpc) is 2.85. The van der Waals surface area contributed by atoms with E-state index in [0.29, 0.717) is 11.8 Å². The van der Waals surface area contributed by atoms with E-state index in [-0.39, 0.29) is 5.92 Å². The van der Waals surface area contributed by atoms with Crippen molar-refractivity contribution in [3.63, 3.8) is 0 Å². The molecule has 2 atom stereocenters. The molecule has 5 heteroatoms. The quantitative estimate of drug-likeness (QED) is 0.713. The summed E-state index contributed by atoms with van der Waals surface area (Å²) >= 11 is 3.85. The average molecular weight is 400 g/mol. The van der Waals surface area contributed by atoms with Gasteiger partial charge in [0.1, 0.15) is 0 Å². The van der Waals surface area contributed by atoms with Crippen LogP contribution < -0.4 is 0 Å². The molecule has 0 radical (unpaired) electrons. The normalized spacial score (nSPS) is 22.5. The summed E-state index contributed by atoms with van der Waals surface area (Å²) < 4.78 is 0. The van der Waals surface area contributed by atoms with Gasteiger partial charge in [-0.1, -0.05) is 42.1 Å². The number of fused-ring (bicyclic) bond motifs is 2. The zero-order valence-electron chi connectivity index (χ0n) is 15.3. The van der Waals surface area contributed by atoms with Gasteiger partial charge in [-0.05, 0) is 62.5 Å². The number of nitrogens with zero attached hydrogens (tertiary/aromatic N) is 1. The van der Waals surface area contributed by atoms with Gasteiger partial charge in [0, 0.05) is 26.5 Å². The van der Waals surface area contributed by atoms with Crippen LogP contribution in [0.4, 0.5) is 0 Å². The van der Waals surface area contributed by atoms with E-state index in [1.807, 2.05) is 23.5 Å². The molecule has 0 bridgehead atoms. The highest BCUT2D eigenvalue weighted by atomic mass is 32.2. The zero-order chi connectivity index (χ0) is 18.6. The van der Waals surface area contributed by atoms with E-state index in [4.69, 9.17) is 0 Å². The van der Waals surface area contributed by atoms with Crippen LogP contribution in [-0.2, 0) is 4.79 Å². The monoisotopic (exact) mass is 399 g/mol. The highest BCUT2D eigenvalue weighted by molar-refractivity contribution is 8.03. The Bertz CT molecular complexity index is 810. The first-order valence-corrected chi connectivity index (χ1v) is 11.4. The molecule has 1 fully saturated rings. The van der Waals surface area contributed by atoms with Crippen molar-refractivity contribution >= 4 is 29.5 Å². The van der Waals surface area contributed by atoms with Gasteiger partial charge >= 0.3 is 5.97 Å². The minimum Gasteiger partial charge on any atom is -0.481 e. The fourth-order valence-electron chi connectivity index (χ4n) is 3.98. The van der Waals surface area contributed by atoms with E-state index >= 15 is 0 Å². The maximum Gasteiger partial charge on any atom is 0.307 e. The molecule has 142 valence electrons. The Balaban J connectivity index is 1.43. The van der Waals surface area contributed by atoms with Crippen LogP contribution >= 0.6 is 23.5 Å². The van der Waals surface area contributed by atoms with E-state index in [1.165, 1.54) is 20.2 Å². The lowest BCUT2D eigenvalue weighted by Crippen LogP contribution is -2.39. The molecule has 2 aromatic carbocycles. The van der Waals surface area contributed by atoms with Gasteiger partial charge in [-0.25, -0.2) is 0 Å². The lowest BCUT2D eigenvalue weighted by molar-refractivity contribution is -0.143. The number of rotatable bonds is 5. The second-order valence-electron chi connectivity index (χ2n) is 7.31. The van der Waals surface area contributed by atoms with Crippen LogP contribution in [-0.4, -0.2) is 35.6 Å². The molecule has 0 amide bonds. The molecule has 1 N–H and O–H groups in total. The zero-order valence-corrected chi connectivity index (χ0v) is 17.0. The van der Waals surface area contributed by atoms with Crippen molar-refractivity contribution in [3.05, 3.63) is 54.1 Å². The predicted molar refractivity (Wildman–Crippen MR) is 112 cm³/mol. The molecule has 2 aliphatic heterocycles. The second kappa shape index (κ2) is 8.72. The van der Waals surface area contributed by atoms with Crippen LogP contribution in [0, 0.1) is 5.92 Å². The van der Waals surface area contributed by atoms with Crippen LogP contribution in [0.15, 0.2) is 63.2 Å². The van der Waals surface area contributed by atoms with Crippen LogP contribution in [0.2, 0.25) is 0 Å². The summed E-state index contributed by atoms with van der Waals surface area (Å²) in [7, 11) is 0. The number of hydrogen-bond donors (Lipinski definition) is 1. The standard InChI is InChI=1S/C22H25NO2S2/c24-22(25)16-7-5-13-23(15-16)14-6-12-19-17-8-1-2-9-18(17)26-20-10-3-4-11-21(20)27-19/h1-4,8-11,16,19H,5-7,12-15H2,(H,24,25)/t16-,19?/m1/s1. The molecule has 0 spiro atoms. The van der Waals surface area contributed by atoms with Crippen molar-refractivity contribution in [1.29, 1.82) is 0 Å². The smallest absolute Gasteiger partial charge is 0.307 e. The molecule has 3 nitrogen and oxygen atoms in total. The number of thioether (sulfide) groups is 1. The lowest BCUT2D eigenvalue weighted by Gasteiger charge is -2.31. The van der Waals surface area contributed by atoms with Crippen molar-refractivity contribution < 1.29 is 9.90 Å². The molecule has 2 aromatic rings. The molecule has 2 heterocycles. The number of likely N-dealkylation sites (tertiary alicyclic amines) is 1. The fraction of sp³-hybridized carbons (Fsp3) is 0.409. The Morgan fingerprint density at radius 1 is 1.07 bits per heavy atom. The Morgan fingerprint density at radius 2 is 1.81 bits per heavy atom. The third kappa shape index (κ3) is 4.53. The van der Waals surface area contributed by atoms with Crippen molar-refractivity contribution in [2.24, 2.45) is 5.92 Å². The third-order valence-corrected chi connectivity index (χ3v) is 8.08. The summed E-state index contributed by atoms with van der Waals surface area (Å²) in [4.78, 5) is 17.7. The molecule has 0 aromatic heterocycles. The number of benzene rings is 2. The van der Waals surface area contributed by atoms with E-state index in [1.54, 1.807) is 0 Å². The molecule has 2 aliphatic rings. The van der Waals surface area contributed by atoms with Crippen LogP contribution in [0.25, 0.3) is 0 Å². The lowest BCUT2D eigenvalue weighted by atomic mass is 9.98. The number of carboxylic acids is 1. The number of hydrogen-bond acceptors (Lipinski definition) is 4. The van der Waals surface area contributed by atoms with Gasteiger partial charge in [0.05, 0.1) is 5.92 Å². The highest BCUT2D eigenvalue weighted by Gasteiger charge is 2.26. The molecule has 0 saturated carbocycles. The minimum absolute atomic E-state index is 0.185. The van der Waals surface area contributed by atoms with Gasteiger partial charge in [0.15, 0.2) is 0 Å². The number of aliphatic carboxylic acids is 1. The Labute approximate surface area is 169 Å².